The molecular weight excluding hydrogens is 204 g/mol. The molecule has 0 heteroatoms. The van der Waals surface area contributed by atoms with Crippen LogP contribution in [0.25, 0.3) is 6.08 Å². The summed E-state index contributed by atoms with van der Waals surface area (Å²) >= 11 is 0. The molecule has 86 valence electrons. The molecule has 1 unspecified atom stereocenters. The lowest BCUT2D eigenvalue weighted by molar-refractivity contribution is 0.808. The van der Waals surface area contributed by atoms with Gasteiger partial charge in [0.05, 0.1) is 0 Å². The maximum Gasteiger partial charge on any atom is 0.00186 e. The third-order valence-electron chi connectivity index (χ3n) is 2.99. The molecule has 0 fully saturated rings. The lowest BCUT2D eigenvalue weighted by Gasteiger charge is -2.10. The Hall–Kier alpha value is -1.82. The summed E-state index contributed by atoms with van der Waals surface area (Å²) in [6, 6.07) is 21.1. The van der Waals surface area contributed by atoms with E-state index in [1.165, 1.54) is 11.1 Å². The van der Waals surface area contributed by atoms with Crippen molar-refractivity contribution in [1.29, 1.82) is 0 Å². The molecule has 0 aromatic heterocycles. The summed E-state index contributed by atoms with van der Waals surface area (Å²) in [6.07, 6.45) is 5.64. The van der Waals surface area contributed by atoms with Crippen LogP contribution < -0.4 is 0 Å². The maximum absolute atomic E-state index is 2.30. The van der Waals surface area contributed by atoms with Crippen molar-refractivity contribution in [2.75, 3.05) is 0 Å². The Morgan fingerprint density at radius 3 is 2.06 bits per heavy atom. The van der Waals surface area contributed by atoms with E-state index in [0.717, 1.165) is 6.42 Å². The molecule has 0 N–H and O–H groups in total. The fourth-order valence-electron chi connectivity index (χ4n) is 1.97. The van der Waals surface area contributed by atoms with Crippen molar-refractivity contribution >= 4 is 6.08 Å². The second-order valence-electron chi connectivity index (χ2n) is 4.20. The van der Waals surface area contributed by atoms with Crippen LogP contribution in [0.1, 0.15) is 30.4 Å². The Balaban J connectivity index is 2.14. The minimum absolute atomic E-state index is 0.511. The van der Waals surface area contributed by atoms with Gasteiger partial charge in [0.1, 0.15) is 0 Å². The summed E-state index contributed by atoms with van der Waals surface area (Å²) in [4.78, 5) is 0. The minimum atomic E-state index is 0.511. The van der Waals surface area contributed by atoms with Gasteiger partial charge in [0.25, 0.3) is 0 Å². The average molecular weight is 222 g/mol. The second kappa shape index (κ2) is 6.05. The van der Waals surface area contributed by atoms with Crippen LogP contribution in [0.5, 0.6) is 0 Å². The number of allylic oxidation sites excluding steroid dienone is 1. The molecule has 17 heavy (non-hydrogen) atoms. The van der Waals surface area contributed by atoms with E-state index in [9.17, 15) is 0 Å². The van der Waals surface area contributed by atoms with Crippen molar-refractivity contribution in [2.24, 2.45) is 0 Å². The van der Waals surface area contributed by atoms with Gasteiger partial charge >= 0.3 is 0 Å². The van der Waals surface area contributed by atoms with Crippen LogP contribution in [0.3, 0.4) is 0 Å². The van der Waals surface area contributed by atoms with Crippen molar-refractivity contribution in [1.82, 2.24) is 0 Å². The quantitative estimate of drug-likeness (QED) is 0.690. The van der Waals surface area contributed by atoms with Crippen LogP contribution in [0, 0.1) is 0 Å². The Morgan fingerprint density at radius 2 is 1.47 bits per heavy atom. The van der Waals surface area contributed by atoms with E-state index in [-0.39, 0.29) is 0 Å². The molecule has 2 aromatic rings. The highest BCUT2D eigenvalue weighted by Gasteiger charge is 2.03. The van der Waals surface area contributed by atoms with Gasteiger partial charge in [0.15, 0.2) is 0 Å². The molecule has 0 heterocycles. The summed E-state index contributed by atoms with van der Waals surface area (Å²) in [6.45, 7) is 2.23. The van der Waals surface area contributed by atoms with Crippen molar-refractivity contribution in [3.63, 3.8) is 0 Å². The van der Waals surface area contributed by atoms with E-state index in [1.54, 1.807) is 0 Å². The van der Waals surface area contributed by atoms with Crippen molar-refractivity contribution < 1.29 is 0 Å². The lowest BCUT2D eigenvalue weighted by atomic mass is 9.95. The molecule has 0 aliphatic heterocycles. The minimum Gasteiger partial charge on any atom is -0.0764 e. The van der Waals surface area contributed by atoms with Gasteiger partial charge in [-0.05, 0) is 17.5 Å². The van der Waals surface area contributed by atoms with Gasteiger partial charge in [0, 0.05) is 5.92 Å². The third kappa shape index (κ3) is 3.32. The fraction of sp³-hybridized carbons (Fsp3) is 0.176. The highest BCUT2D eigenvalue weighted by Crippen LogP contribution is 2.21. The van der Waals surface area contributed by atoms with Gasteiger partial charge in [-0.15, -0.1) is 0 Å². The number of rotatable bonds is 4. The fourth-order valence-corrected chi connectivity index (χ4v) is 1.97. The SMILES string of the molecule is CCC(C=Cc1ccccc1)c1ccccc1. The molecule has 0 radical (unpaired) electrons. The Labute approximate surface area is 104 Å². The predicted octanol–water partition coefficient (Wildman–Crippen LogP) is 4.89. The van der Waals surface area contributed by atoms with Gasteiger partial charge in [-0.25, -0.2) is 0 Å². The zero-order chi connectivity index (χ0) is 11.9. The number of benzene rings is 2. The van der Waals surface area contributed by atoms with E-state index in [1.807, 2.05) is 6.07 Å². The van der Waals surface area contributed by atoms with E-state index < -0.39 is 0 Å². The van der Waals surface area contributed by atoms with Crippen molar-refractivity contribution in [3.8, 4) is 0 Å². The van der Waals surface area contributed by atoms with Gasteiger partial charge in [0.2, 0.25) is 0 Å². The number of hydrogen-bond acceptors (Lipinski definition) is 0. The molecule has 0 spiro atoms. The zero-order valence-electron chi connectivity index (χ0n) is 10.2. The molecule has 1 atom stereocenters. The Bertz CT molecular complexity index is 454. The molecule has 0 bridgehead atoms. The average Bonchev–Trinajstić information content (AvgIpc) is 2.42. The summed E-state index contributed by atoms with van der Waals surface area (Å²) in [5.74, 6) is 0.511. The van der Waals surface area contributed by atoms with Crippen molar-refractivity contribution in [2.45, 2.75) is 19.3 Å². The third-order valence-corrected chi connectivity index (χ3v) is 2.99. The van der Waals surface area contributed by atoms with Gasteiger partial charge < -0.3 is 0 Å². The predicted molar refractivity (Wildman–Crippen MR) is 75.0 cm³/mol. The highest BCUT2D eigenvalue weighted by molar-refractivity contribution is 5.50. The Kier molecular flexibility index (Phi) is 4.15. The first kappa shape index (κ1) is 11.7. The first-order valence-electron chi connectivity index (χ1n) is 6.18. The van der Waals surface area contributed by atoms with Crippen LogP contribution in [-0.4, -0.2) is 0 Å². The van der Waals surface area contributed by atoms with E-state index in [4.69, 9.17) is 0 Å². The molecule has 0 aliphatic rings. The molecule has 0 aliphatic carbocycles. The molecule has 0 saturated heterocycles. The summed E-state index contributed by atoms with van der Waals surface area (Å²) in [5.41, 5.74) is 2.66. The summed E-state index contributed by atoms with van der Waals surface area (Å²) in [5, 5.41) is 0. The van der Waals surface area contributed by atoms with Crippen LogP contribution in [0.2, 0.25) is 0 Å². The molecule has 0 amide bonds. The molecular formula is C17H18. The molecule has 0 nitrogen and oxygen atoms in total. The molecule has 2 rings (SSSR count). The number of hydrogen-bond donors (Lipinski definition) is 0. The van der Waals surface area contributed by atoms with Crippen LogP contribution in [0.15, 0.2) is 66.7 Å². The summed E-state index contributed by atoms with van der Waals surface area (Å²) in [7, 11) is 0. The smallest absolute Gasteiger partial charge is 0.00186 e. The lowest BCUT2D eigenvalue weighted by Crippen LogP contribution is -1.92. The van der Waals surface area contributed by atoms with Gasteiger partial charge in [-0.2, -0.15) is 0 Å². The zero-order valence-corrected chi connectivity index (χ0v) is 10.2. The van der Waals surface area contributed by atoms with Gasteiger partial charge in [-0.3, -0.25) is 0 Å². The topological polar surface area (TPSA) is 0 Å². The van der Waals surface area contributed by atoms with Crippen LogP contribution in [-0.2, 0) is 0 Å². The van der Waals surface area contributed by atoms with E-state index in [0.29, 0.717) is 5.92 Å². The molecule has 2 aromatic carbocycles. The highest BCUT2D eigenvalue weighted by atomic mass is 14.1. The van der Waals surface area contributed by atoms with E-state index in [2.05, 4.69) is 73.7 Å². The van der Waals surface area contributed by atoms with Gasteiger partial charge in [-0.1, -0.05) is 79.7 Å². The first-order chi connectivity index (χ1) is 8.40. The van der Waals surface area contributed by atoms with Crippen LogP contribution in [0.4, 0.5) is 0 Å². The van der Waals surface area contributed by atoms with Crippen molar-refractivity contribution in [3.05, 3.63) is 77.9 Å². The largest absolute Gasteiger partial charge is 0.0764 e. The standard InChI is InChI=1S/C17H18/c1-2-16(17-11-7-4-8-12-17)14-13-15-9-5-3-6-10-15/h3-14,16H,2H2,1H3. The Morgan fingerprint density at radius 1 is 0.882 bits per heavy atom. The first-order valence-corrected chi connectivity index (χ1v) is 6.18. The second-order valence-corrected chi connectivity index (χ2v) is 4.20. The summed E-state index contributed by atoms with van der Waals surface area (Å²) < 4.78 is 0. The monoisotopic (exact) mass is 222 g/mol. The normalized spacial score (nSPS) is 12.8. The van der Waals surface area contributed by atoms with Crippen LogP contribution >= 0.6 is 0 Å². The maximum atomic E-state index is 2.30. The molecule has 0 saturated carbocycles. The van der Waals surface area contributed by atoms with E-state index >= 15 is 0 Å².